The molecule has 1 N–H and O–H groups in total. The van der Waals surface area contributed by atoms with E-state index < -0.39 is 0 Å². The summed E-state index contributed by atoms with van der Waals surface area (Å²) in [6.07, 6.45) is 2.25. The van der Waals surface area contributed by atoms with Crippen LogP contribution in [0.3, 0.4) is 0 Å². The average molecular weight is 188 g/mol. The first-order valence-corrected chi connectivity index (χ1v) is 4.96. The molecule has 0 amide bonds. The first kappa shape index (κ1) is 9.47. The third kappa shape index (κ3) is 1.73. The number of carbonyl (C=O) groups is 1. The SMILES string of the molecule is CC(=O)Cc1ccc2c(c1)B(O)CC2. The quantitative estimate of drug-likeness (QED) is 0.688. The lowest BCUT2D eigenvalue weighted by Gasteiger charge is -2.04. The highest BCUT2D eigenvalue weighted by atomic mass is 16.2. The van der Waals surface area contributed by atoms with Gasteiger partial charge in [0.25, 0.3) is 0 Å². The topological polar surface area (TPSA) is 37.3 Å². The van der Waals surface area contributed by atoms with Gasteiger partial charge in [0.05, 0.1) is 0 Å². The maximum absolute atomic E-state index is 10.9. The smallest absolute Gasteiger partial charge is 0.324 e. The van der Waals surface area contributed by atoms with Gasteiger partial charge >= 0.3 is 6.92 Å². The molecule has 14 heavy (non-hydrogen) atoms. The Kier molecular flexibility index (Phi) is 2.42. The summed E-state index contributed by atoms with van der Waals surface area (Å²) < 4.78 is 0. The fraction of sp³-hybridized carbons (Fsp3) is 0.364. The summed E-state index contributed by atoms with van der Waals surface area (Å²) in [5.74, 6) is 0.164. The lowest BCUT2D eigenvalue weighted by atomic mass is 9.63. The van der Waals surface area contributed by atoms with Crippen molar-refractivity contribution in [1.82, 2.24) is 0 Å². The number of hydrogen-bond acceptors (Lipinski definition) is 2. The molecule has 0 spiro atoms. The Morgan fingerprint density at radius 2 is 2.36 bits per heavy atom. The third-order valence-corrected chi connectivity index (χ3v) is 2.71. The summed E-state index contributed by atoms with van der Waals surface area (Å²) in [4.78, 5) is 10.9. The molecule has 0 radical (unpaired) electrons. The van der Waals surface area contributed by atoms with Gasteiger partial charge < -0.3 is 5.02 Å². The average Bonchev–Trinajstić information content (AvgIpc) is 2.47. The van der Waals surface area contributed by atoms with Gasteiger partial charge in [-0.3, -0.25) is 4.79 Å². The van der Waals surface area contributed by atoms with Crippen LogP contribution in [0.1, 0.15) is 18.1 Å². The number of fused-ring (bicyclic) bond motifs is 1. The summed E-state index contributed by atoms with van der Waals surface area (Å²) in [6.45, 7) is 1.26. The third-order valence-electron chi connectivity index (χ3n) is 2.71. The number of benzene rings is 1. The van der Waals surface area contributed by atoms with Gasteiger partial charge in [-0.05, 0) is 30.7 Å². The van der Waals surface area contributed by atoms with Gasteiger partial charge in [-0.15, -0.1) is 0 Å². The molecule has 2 nitrogen and oxygen atoms in total. The summed E-state index contributed by atoms with van der Waals surface area (Å²) in [5.41, 5.74) is 3.26. The molecule has 1 heterocycles. The standard InChI is InChI=1S/C11H13BO2/c1-8(13)6-9-2-3-10-4-5-12(14)11(10)7-9/h2-3,7,14H,4-6H2,1H3. The van der Waals surface area contributed by atoms with Crippen LogP contribution >= 0.6 is 0 Å². The van der Waals surface area contributed by atoms with E-state index in [1.165, 1.54) is 5.56 Å². The molecule has 1 aromatic rings. The number of carbonyl (C=O) groups excluding carboxylic acids is 1. The fourth-order valence-corrected chi connectivity index (χ4v) is 2.03. The molecule has 1 aliphatic heterocycles. The van der Waals surface area contributed by atoms with E-state index in [4.69, 9.17) is 0 Å². The Morgan fingerprint density at radius 3 is 3.07 bits per heavy atom. The van der Waals surface area contributed by atoms with Gasteiger partial charge in [-0.2, -0.15) is 0 Å². The van der Waals surface area contributed by atoms with E-state index in [1.807, 2.05) is 18.2 Å². The highest BCUT2D eigenvalue weighted by Gasteiger charge is 2.24. The van der Waals surface area contributed by atoms with Gasteiger partial charge in [-0.25, -0.2) is 0 Å². The van der Waals surface area contributed by atoms with Crippen LogP contribution in [0.2, 0.25) is 6.32 Å². The van der Waals surface area contributed by atoms with Crippen molar-refractivity contribution in [2.45, 2.75) is 26.1 Å². The van der Waals surface area contributed by atoms with E-state index in [9.17, 15) is 9.82 Å². The van der Waals surface area contributed by atoms with Crippen molar-refractivity contribution in [3.8, 4) is 0 Å². The Hall–Kier alpha value is -1.09. The molecule has 0 aliphatic carbocycles. The minimum atomic E-state index is -0.322. The molecule has 2 rings (SSSR count). The second-order valence-corrected chi connectivity index (χ2v) is 3.97. The molecule has 1 aliphatic rings. The van der Waals surface area contributed by atoms with Crippen molar-refractivity contribution < 1.29 is 9.82 Å². The monoisotopic (exact) mass is 188 g/mol. The van der Waals surface area contributed by atoms with Crippen molar-refractivity contribution in [1.29, 1.82) is 0 Å². The Balaban J connectivity index is 2.30. The van der Waals surface area contributed by atoms with Crippen molar-refractivity contribution in [3.05, 3.63) is 29.3 Å². The molecule has 1 aromatic carbocycles. The van der Waals surface area contributed by atoms with Crippen LogP contribution in [0.5, 0.6) is 0 Å². The summed E-state index contributed by atoms with van der Waals surface area (Å²) in [5, 5.41) is 9.65. The first-order valence-electron chi connectivity index (χ1n) is 4.96. The Morgan fingerprint density at radius 1 is 1.57 bits per heavy atom. The van der Waals surface area contributed by atoms with Crippen molar-refractivity contribution >= 4 is 18.2 Å². The van der Waals surface area contributed by atoms with Crippen LogP contribution in [0, 0.1) is 0 Å². The minimum Gasteiger partial charge on any atom is -0.446 e. The molecule has 0 bridgehead atoms. The van der Waals surface area contributed by atoms with Gasteiger partial charge in [-0.1, -0.05) is 23.8 Å². The number of ketones is 1. The lowest BCUT2D eigenvalue weighted by molar-refractivity contribution is -0.116. The Bertz CT molecular complexity index is 374. The molecule has 0 aromatic heterocycles. The molecular formula is C11H13BO2. The number of aryl methyl sites for hydroxylation is 1. The van der Waals surface area contributed by atoms with Crippen LogP contribution in [0.15, 0.2) is 18.2 Å². The van der Waals surface area contributed by atoms with Gasteiger partial charge in [0.1, 0.15) is 5.78 Å². The zero-order valence-electron chi connectivity index (χ0n) is 8.29. The minimum absolute atomic E-state index is 0.164. The molecule has 0 atom stereocenters. The maximum Gasteiger partial charge on any atom is 0.324 e. The molecular weight excluding hydrogens is 175 g/mol. The molecule has 0 saturated heterocycles. The van der Waals surface area contributed by atoms with E-state index in [1.54, 1.807) is 6.92 Å². The number of hydrogen-bond donors (Lipinski definition) is 1. The van der Waals surface area contributed by atoms with Crippen molar-refractivity contribution in [3.63, 3.8) is 0 Å². The number of rotatable bonds is 2. The fourth-order valence-electron chi connectivity index (χ4n) is 2.03. The maximum atomic E-state index is 10.9. The van der Waals surface area contributed by atoms with E-state index in [0.717, 1.165) is 23.8 Å². The van der Waals surface area contributed by atoms with Crippen LogP contribution in [0.25, 0.3) is 0 Å². The summed E-state index contributed by atoms with van der Waals surface area (Å²) in [6, 6.07) is 5.98. The molecule has 0 fully saturated rings. The normalized spacial score (nSPS) is 14.3. The van der Waals surface area contributed by atoms with E-state index in [0.29, 0.717) is 6.42 Å². The molecule has 72 valence electrons. The highest BCUT2D eigenvalue weighted by Crippen LogP contribution is 2.14. The Labute approximate surface area is 84.1 Å². The van der Waals surface area contributed by atoms with Crippen molar-refractivity contribution in [2.24, 2.45) is 0 Å². The molecule has 0 saturated carbocycles. The summed E-state index contributed by atoms with van der Waals surface area (Å²) >= 11 is 0. The zero-order valence-corrected chi connectivity index (χ0v) is 8.29. The van der Waals surface area contributed by atoms with E-state index in [2.05, 4.69) is 0 Å². The van der Waals surface area contributed by atoms with Crippen LogP contribution in [-0.4, -0.2) is 17.7 Å². The lowest BCUT2D eigenvalue weighted by Crippen LogP contribution is -2.26. The van der Waals surface area contributed by atoms with Crippen LogP contribution in [0.4, 0.5) is 0 Å². The predicted octanol–water partition coefficient (Wildman–Crippen LogP) is 0.565. The van der Waals surface area contributed by atoms with E-state index in [-0.39, 0.29) is 12.7 Å². The molecule has 0 unspecified atom stereocenters. The number of Topliss-reactive ketones (excluding diaryl/α,β-unsaturated/α-hetero) is 1. The molecule has 3 heteroatoms. The van der Waals surface area contributed by atoms with Crippen LogP contribution in [-0.2, 0) is 17.6 Å². The first-order chi connectivity index (χ1) is 6.66. The second kappa shape index (κ2) is 3.58. The largest absolute Gasteiger partial charge is 0.446 e. The van der Waals surface area contributed by atoms with Crippen LogP contribution < -0.4 is 5.46 Å². The van der Waals surface area contributed by atoms with Gasteiger partial charge in [0.2, 0.25) is 0 Å². The predicted molar refractivity (Wildman–Crippen MR) is 56.9 cm³/mol. The van der Waals surface area contributed by atoms with Gasteiger partial charge in [0.15, 0.2) is 0 Å². The van der Waals surface area contributed by atoms with E-state index >= 15 is 0 Å². The van der Waals surface area contributed by atoms with Gasteiger partial charge in [0, 0.05) is 6.42 Å². The second-order valence-electron chi connectivity index (χ2n) is 3.97. The zero-order chi connectivity index (χ0) is 10.1. The highest BCUT2D eigenvalue weighted by molar-refractivity contribution is 6.68. The summed E-state index contributed by atoms with van der Waals surface area (Å²) in [7, 11) is 0. The van der Waals surface area contributed by atoms with Crippen molar-refractivity contribution in [2.75, 3.05) is 0 Å².